The molecular formula is C22H20FN5O. The van der Waals surface area contributed by atoms with Gasteiger partial charge in [-0.05, 0) is 47.9 Å². The van der Waals surface area contributed by atoms with Gasteiger partial charge >= 0.3 is 0 Å². The van der Waals surface area contributed by atoms with Crippen molar-refractivity contribution in [1.29, 1.82) is 0 Å². The van der Waals surface area contributed by atoms with Crippen LogP contribution in [0.25, 0.3) is 22.2 Å². The molecule has 0 spiro atoms. The summed E-state index contributed by atoms with van der Waals surface area (Å²) in [5, 5.41) is 3.67. The number of aryl methyl sites for hydroxylation is 2. The number of aromatic nitrogens is 3. The highest BCUT2D eigenvalue weighted by molar-refractivity contribution is 6.01. The Labute approximate surface area is 167 Å². The van der Waals surface area contributed by atoms with Gasteiger partial charge in [0, 0.05) is 24.5 Å². The van der Waals surface area contributed by atoms with E-state index in [2.05, 4.69) is 15.3 Å². The highest BCUT2D eigenvalue weighted by Crippen LogP contribution is 2.34. The van der Waals surface area contributed by atoms with Gasteiger partial charge in [-0.1, -0.05) is 18.2 Å². The van der Waals surface area contributed by atoms with Crippen LogP contribution in [0.5, 0.6) is 0 Å². The van der Waals surface area contributed by atoms with E-state index in [0.29, 0.717) is 17.1 Å². The third-order valence-corrected chi connectivity index (χ3v) is 4.84. The van der Waals surface area contributed by atoms with Gasteiger partial charge in [-0.3, -0.25) is 4.79 Å². The van der Waals surface area contributed by atoms with Crippen LogP contribution in [0.4, 0.5) is 15.9 Å². The second kappa shape index (κ2) is 7.35. The molecule has 0 fully saturated rings. The minimum Gasteiger partial charge on any atom is -0.383 e. The minimum atomic E-state index is -0.353. The molecule has 2 aromatic heterocycles. The van der Waals surface area contributed by atoms with E-state index in [0.717, 1.165) is 27.7 Å². The third kappa shape index (κ3) is 3.67. The molecule has 0 saturated heterocycles. The fourth-order valence-corrected chi connectivity index (χ4v) is 3.52. The Morgan fingerprint density at radius 1 is 1.17 bits per heavy atom. The van der Waals surface area contributed by atoms with Crippen molar-refractivity contribution in [1.82, 2.24) is 14.5 Å². The second-order valence-corrected chi connectivity index (χ2v) is 7.00. The highest BCUT2D eigenvalue weighted by Gasteiger charge is 2.15. The molecule has 0 atom stereocenters. The summed E-state index contributed by atoms with van der Waals surface area (Å²) in [6, 6.07) is 11.7. The lowest BCUT2D eigenvalue weighted by molar-refractivity contribution is -0.115. The van der Waals surface area contributed by atoms with Gasteiger partial charge in [-0.25, -0.2) is 14.4 Å². The second-order valence-electron chi connectivity index (χ2n) is 7.00. The zero-order chi connectivity index (χ0) is 20.5. The molecule has 0 unspecified atom stereocenters. The van der Waals surface area contributed by atoms with Crippen molar-refractivity contribution in [2.45, 2.75) is 13.3 Å². The molecule has 0 aliphatic rings. The number of benzene rings is 2. The first-order chi connectivity index (χ1) is 13.9. The number of amides is 1. The molecule has 29 heavy (non-hydrogen) atoms. The number of halogens is 1. The van der Waals surface area contributed by atoms with Crippen LogP contribution in [0.15, 0.2) is 55.0 Å². The van der Waals surface area contributed by atoms with Crippen molar-refractivity contribution in [3.63, 3.8) is 0 Å². The average Bonchev–Trinajstić information content (AvgIpc) is 3.00. The summed E-state index contributed by atoms with van der Waals surface area (Å²) in [5.74, 6) is -0.128. The summed E-state index contributed by atoms with van der Waals surface area (Å²) >= 11 is 0. The monoisotopic (exact) mass is 389 g/mol. The maximum absolute atomic E-state index is 13.3. The molecular weight excluding hydrogens is 369 g/mol. The predicted octanol–water partition coefficient (Wildman–Crippen LogP) is 3.85. The van der Waals surface area contributed by atoms with Crippen LogP contribution in [0.3, 0.4) is 0 Å². The first-order valence-corrected chi connectivity index (χ1v) is 9.13. The first kappa shape index (κ1) is 18.6. The number of anilines is 2. The topological polar surface area (TPSA) is 85.8 Å². The van der Waals surface area contributed by atoms with Gasteiger partial charge in [0.1, 0.15) is 23.6 Å². The van der Waals surface area contributed by atoms with E-state index in [1.54, 1.807) is 12.1 Å². The Morgan fingerprint density at radius 2 is 2.00 bits per heavy atom. The summed E-state index contributed by atoms with van der Waals surface area (Å²) < 4.78 is 15.2. The Bertz CT molecular complexity index is 1230. The van der Waals surface area contributed by atoms with Crippen LogP contribution in [0.1, 0.15) is 11.1 Å². The summed E-state index contributed by atoms with van der Waals surface area (Å²) in [7, 11) is 1.91. The standard InChI is InChI=1S/C22H20FN5O/c1-13-8-16(27-19(29)10-14-4-3-5-15(23)9-14)6-7-17(13)18-11-28(2)22-20(18)21(24)25-12-26-22/h3-9,11-12H,10H2,1-2H3,(H,27,29)(H2,24,25,26). The van der Waals surface area contributed by atoms with E-state index in [1.165, 1.54) is 18.5 Å². The molecule has 146 valence electrons. The SMILES string of the molecule is Cc1cc(NC(=O)Cc2cccc(F)c2)ccc1-c1cn(C)c2ncnc(N)c12. The maximum Gasteiger partial charge on any atom is 0.228 e. The molecule has 2 heterocycles. The van der Waals surface area contributed by atoms with Gasteiger partial charge in [0.2, 0.25) is 5.91 Å². The normalized spacial score (nSPS) is 11.0. The summed E-state index contributed by atoms with van der Waals surface area (Å²) in [5.41, 5.74) is 11.1. The van der Waals surface area contributed by atoms with Gasteiger partial charge in [0.15, 0.2) is 0 Å². The number of nitrogens with two attached hydrogens (primary N) is 1. The lowest BCUT2D eigenvalue weighted by atomic mass is 10.00. The summed E-state index contributed by atoms with van der Waals surface area (Å²) in [6.45, 7) is 1.97. The molecule has 0 radical (unpaired) electrons. The lowest BCUT2D eigenvalue weighted by Crippen LogP contribution is -2.14. The van der Waals surface area contributed by atoms with Crippen molar-refractivity contribution >= 4 is 28.4 Å². The van der Waals surface area contributed by atoms with Crippen molar-refractivity contribution in [2.24, 2.45) is 7.05 Å². The molecule has 2 aromatic carbocycles. The molecule has 4 aromatic rings. The molecule has 0 bridgehead atoms. The quantitative estimate of drug-likeness (QED) is 0.555. The number of hydrogen-bond donors (Lipinski definition) is 2. The number of hydrogen-bond acceptors (Lipinski definition) is 4. The van der Waals surface area contributed by atoms with E-state index in [-0.39, 0.29) is 18.1 Å². The molecule has 0 saturated carbocycles. The van der Waals surface area contributed by atoms with Gasteiger partial charge in [0.05, 0.1) is 11.8 Å². The predicted molar refractivity (Wildman–Crippen MR) is 112 cm³/mol. The van der Waals surface area contributed by atoms with Crippen LogP contribution in [-0.2, 0) is 18.3 Å². The zero-order valence-electron chi connectivity index (χ0n) is 16.1. The number of fused-ring (bicyclic) bond motifs is 1. The number of rotatable bonds is 4. The molecule has 6 nitrogen and oxygen atoms in total. The first-order valence-electron chi connectivity index (χ1n) is 9.13. The largest absolute Gasteiger partial charge is 0.383 e. The highest BCUT2D eigenvalue weighted by atomic mass is 19.1. The lowest BCUT2D eigenvalue weighted by Gasteiger charge is -2.10. The van der Waals surface area contributed by atoms with Crippen LogP contribution < -0.4 is 11.1 Å². The molecule has 3 N–H and O–H groups in total. The fraction of sp³-hybridized carbons (Fsp3) is 0.136. The number of carbonyl (C=O) groups is 1. The van der Waals surface area contributed by atoms with Crippen molar-refractivity contribution < 1.29 is 9.18 Å². The Balaban J connectivity index is 1.60. The van der Waals surface area contributed by atoms with E-state index in [1.807, 2.05) is 42.9 Å². The molecule has 1 amide bonds. The van der Waals surface area contributed by atoms with E-state index in [9.17, 15) is 9.18 Å². The summed E-state index contributed by atoms with van der Waals surface area (Å²) in [6.07, 6.45) is 3.53. The summed E-state index contributed by atoms with van der Waals surface area (Å²) in [4.78, 5) is 20.7. The van der Waals surface area contributed by atoms with Crippen LogP contribution in [-0.4, -0.2) is 20.4 Å². The van der Waals surface area contributed by atoms with Crippen LogP contribution >= 0.6 is 0 Å². The third-order valence-electron chi connectivity index (χ3n) is 4.84. The smallest absolute Gasteiger partial charge is 0.228 e. The van der Waals surface area contributed by atoms with E-state index >= 15 is 0 Å². The van der Waals surface area contributed by atoms with Crippen LogP contribution in [0.2, 0.25) is 0 Å². The Hall–Kier alpha value is -3.74. The molecule has 7 heteroatoms. The van der Waals surface area contributed by atoms with E-state index < -0.39 is 0 Å². The number of nitrogens with one attached hydrogen (secondary N) is 1. The van der Waals surface area contributed by atoms with Gasteiger partial charge in [-0.15, -0.1) is 0 Å². The number of nitrogens with zero attached hydrogens (tertiary/aromatic N) is 3. The zero-order valence-corrected chi connectivity index (χ0v) is 16.1. The fourth-order valence-electron chi connectivity index (χ4n) is 3.52. The molecule has 0 aliphatic carbocycles. The average molecular weight is 389 g/mol. The molecule has 0 aliphatic heterocycles. The van der Waals surface area contributed by atoms with Crippen molar-refractivity contribution in [3.05, 3.63) is 71.9 Å². The number of carbonyl (C=O) groups excluding carboxylic acids is 1. The minimum absolute atomic E-state index is 0.107. The molecule has 4 rings (SSSR count). The van der Waals surface area contributed by atoms with Gasteiger partial charge in [-0.2, -0.15) is 0 Å². The maximum atomic E-state index is 13.3. The van der Waals surface area contributed by atoms with Crippen molar-refractivity contribution in [2.75, 3.05) is 11.1 Å². The van der Waals surface area contributed by atoms with Crippen molar-refractivity contribution in [3.8, 4) is 11.1 Å². The Morgan fingerprint density at radius 3 is 2.76 bits per heavy atom. The Kier molecular flexibility index (Phi) is 4.72. The van der Waals surface area contributed by atoms with Gasteiger partial charge < -0.3 is 15.6 Å². The van der Waals surface area contributed by atoms with Gasteiger partial charge in [0.25, 0.3) is 0 Å². The van der Waals surface area contributed by atoms with Crippen LogP contribution in [0, 0.1) is 12.7 Å². The van der Waals surface area contributed by atoms with E-state index in [4.69, 9.17) is 5.73 Å². The number of nitrogen functional groups attached to an aromatic ring is 1.